The van der Waals surface area contributed by atoms with Crippen molar-refractivity contribution in [1.29, 1.82) is 5.26 Å². The fourth-order valence-corrected chi connectivity index (χ4v) is 2.40. The smallest absolute Gasteiger partial charge is 0.122 e. The molecule has 1 aromatic carbocycles. The van der Waals surface area contributed by atoms with E-state index in [1.165, 1.54) is 11.1 Å². The van der Waals surface area contributed by atoms with Crippen molar-refractivity contribution >= 4 is 0 Å². The molecule has 0 radical (unpaired) electrons. The second kappa shape index (κ2) is 4.86. The van der Waals surface area contributed by atoms with E-state index in [0.29, 0.717) is 13.2 Å². The molecule has 1 saturated heterocycles. The van der Waals surface area contributed by atoms with Crippen LogP contribution in [-0.4, -0.2) is 20.3 Å². The van der Waals surface area contributed by atoms with Crippen molar-refractivity contribution in [2.24, 2.45) is 5.41 Å². The largest absolute Gasteiger partial charge is 0.496 e. The van der Waals surface area contributed by atoms with E-state index in [9.17, 15) is 5.26 Å². The molecule has 0 N–H and O–H groups in total. The molecule has 0 unspecified atom stereocenters. The van der Waals surface area contributed by atoms with Crippen molar-refractivity contribution in [3.05, 3.63) is 29.3 Å². The lowest BCUT2D eigenvalue weighted by molar-refractivity contribution is -0.0765. The molecule has 19 heavy (non-hydrogen) atoms. The second-order valence-corrected chi connectivity index (χ2v) is 6.35. The van der Waals surface area contributed by atoms with Gasteiger partial charge < -0.3 is 9.47 Å². The summed E-state index contributed by atoms with van der Waals surface area (Å²) in [5.74, 6) is 0.909. The van der Waals surface area contributed by atoms with Crippen LogP contribution in [-0.2, 0) is 16.6 Å². The molecule has 3 nitrogen and oxygen atoms in total. The summed E-state index contributed by atoms with van der Waals surface area (Å²) >= 11 is 0. The molecule has 1 aliphatic rings. The number of rotatable bonds is 3. The lowest BCUT2D eigenvalue weighted by Crippen LogP contribution is -2.43. The highest BCUT2D eigenvalue weighted by Crippen LogP contribution is 2.35. The van der Waals surface area contributed by atoms with E-state index < -0.39 is 0 Å². The zero-order valence-corrected chi connectivity index (χ0v) is 12.1. The van der Waals surface area contributed by atoms with Crippen LogP contribution < -0.4 is 4.74 Å². The third-order valence-corrected chi connectivity index (χ3v) is 3.61. The van der Waals surface area contributed by atoms with Crippen molar-refractivity contribution in [1.82, 2.24) is 0 Å². The number of nitriles is 1. The Kier molecular flexibility index (Phi) is 3.56. The summed E-state index contributed by atoms with van der Waals surface area (Å²) in [6.45, 7) is 7.59. The topological polar surface area (TPSA) is 42.2 Å². The summed E-state index contributed by atoms with van der Waals surface area (Å²) in [5.41, 5.74) is 2.05. The fourth-order valence-electron chi connectivity index (χ4n) is 2.40. The predicted octanol–water partition coefficient (Wildman–Crippen LogP) is 3.08. The van der Waals surface area contributed by atoms with Crippen LogP contribution in [0.3, 0.4) is 0 Å². The number of hydrogen-bond acceptors (Lipinski definition) is 3. The molecule has 0 spiro atoms. The molecule has 3 heteroatoms. The zero-order chi connectivity index (χ0) is 14.1. The summed E-state index contributed by atoms with van der Waals surface area (Å²) in [6.07, 6.45) is 0.747. The molecule has 0 aromatic heterocycles. The summed E-state index contributed by atoms with van der Waals surface area (Å²) in [7, 11) is 1.70. The minimum absolute atomic E-state index is 0.0251. The van der Waals surface area contributed by atoms with Gasteiger partial charge in [0.1, 0.15) is 11.2 Å². The van der Waals surface area contributed by atoms with Gasteiger partial charge in [0, 0.05) is 0 Å². The first-order chi connectivity index (χ1) is 8.90. The van der Waals surface area contributed by atoms with E-state index >= 15 is 0 Å². The molecule has 2 rings (SSSR count). The van der Waals surface area contributed by atoms with Gasteiger partial charge in [-0.3, -0.25) is 0 Å². The van der Waals surface area contributed by atoms with Gasteiger partial charge in [-0.05, 0) is 29.0 Å². The van der Waals surface area contributed by atoms with E-state index in [2.05, 4.69) is 32.9 Å². The summed E-state index contributed by atoms with van der Waals surface area (Å²) < 4.78 is 10.6. The number of methoxy groups -OCH3 is 1. The van der Waals surface area contributed by atoms with Crippen LogP contribution in [0.15, 0.2) is 18.2 Å². The maximum atomic E-state index is 9.27. The molecule has 0 amide bonds. The van der Waals surface area contributed by atoms with Gasteiger partial charge in [0.2, 0.25) is 0 Å². The lowest BCUT2D eigenvalue weighted by Gasteiger charge is -2.35. The van der Waals surface area contributed by atoms with E-state index in [-0.39, 0.29) is 10.8 Å². The molecule has 1 fully saturated rings. The maximum absolute atomic E-state index is 9.27. The van der Waals surface area contributed by atoms with Crippen LogP contribution in [0.4, 0.5) is 0 Å². The van der Waals surface area contributed by atoms with E-state index in [1.807, 2.05) is 12.1 Å². The third kappa shape index (κ3) is 2.74. The van der Waals surface area contributed by atoms with Gasteiger partial charge in [-0.1, -0.05) is 32.9 Å². The first kappa shape index (κ1) is 13.9. The van der Waals surface area contributed by atoms with Gasteiger partial charge in [-0.25, -0.2) is 0 Å². The van der Waals surface area contributed by atoms with Gasteiger partial charge in [0.25, 0.3) is 0 Å². The van der Waals surface area contributed by atoms with Crippen LogP contribution in [0.25, 0.3) is 0 Å². The van der Waals surface area contributed by atoms with Crippen LogP contribution in [0.2, 0.25) is 0 Å². The van der Waals surface area contributed by atoms with Crippen LogP contribution in [0, 0.1) is 16.7 Å². The number of hydrogen-bond donors (Lipinski definition) is 0. The molecule has 102 valence electrons. The minimum Gasteiger partial charge on any atom is -0.496 e. The Morgan fingerprint density at radius 2 is 2.05 bits per heavy atom. The SMILES string of the molecule is COc1ccc(CC2(C#N)COC2)cc1C(C)(C)C. The van der Waals surface area contributed by atoms with Crippen molar-refractivity contribution in [3.8, 4) is 11.8 Å². The lowest BCUT2D eigenvalue weighted by atomic mass is 9.79. The zero-order valence-electron chi connectivity index (χ0n) is 12.1. The molecular weight excluding hydrogens is 238 g/mol. The minimum atomic E-state index is -0.330. The standard InChI is InChI=1S/C16H21NO2/c1-15(2,3)13-7-12(5-6-14(13)18-4)8-16(9-17)10-19-11-16/h5-7H,8,10-11H2,1-4H3. The molecular formula is C16H21NO2. The Bertz CT molecular complexity index is 504. The molecule has 0 bridgehead atoms. The Hall–Kier alpha value is -1.53. The molecule has 1 heterocycles. The van der Waals surface area contributed by atoms with Crippen molar-refractivity contribution in [2.75, 3.05) is 20.3 Å². The van der Waals surface area contributed by atoms with Crippen molar-refractivity contribution < 1.29 is 9.47 Å². The Morgan fingerprint density at radius 3 is 2.47 bits per heavy atom. The van der Waals surface area contributed by atoms with Crippen LogP contribution in [0.1, 0.15) is 31.9 Å². The van der Waals surface area contributed by atoms with Crippen molar-refractivity contribution in [2.45, 2.75) is 32.6 Å². The highest BCUT2D eigenvalue weighted by atomic mass is 16.5. The maximum Gasteiger partial charge on any atom is 0.122 e. The second-order valence-electron chi connectivity index (χ2n) is 6.35. The summed E-state index contributed by atoms with van der Waals surface area (Å²) in [4.78, 5) is 0. The molecule has 0 aliphatic carbocycles. The monoisotopic (exact) mass is 259 g/mol. The molecule has 1 aromatic rings. The Morgan fingerprint density at radius 1 is 1.37 bits per heavy atom. The first-order valence-electron chi connectivity index (χ1n) is 6.57. The van der Waals surface area contributed by atoms with E-state index in [4.69, 9.17) is 9.47 Å². The summed E-state index contributed by atoms with van der Waals surface area (Å²) in [5, 5.41) is 9.27. The number of nitrogens with zero attached hydrogens (tertiary/aromatic N) is 1. The van der Waals surface area contributed by atoms with Gasteiger partial charge in [-0.2, -0.15) is 5.26 Å². The van der Waals surface area contributed by atoms with Gasteiger partial charge >= 0.3 is 0 Å². The Balaban J connectivity index is 2.31. The number of ether oxygens (including phenoxy) is 2. The highest BCUT2D eigenvalue weighted by Gasteiger charge is 2.39. The van der Waals surface area contributed by atoms with Gasteiger partial charge in [0.05, 0.1) is 26.4 Å². The predicted molar refractivity (Wildman–Crippen MR) is 74.3 cm³/mol. The molecule has 0 atom stereocenters. The van der Waals surface area contributed by atoms with E-state index in [0.717, 1.165) is 12.2 Å². The first-order valence-corrected chi connectivity index (χ1v) is 6.57. The average Bonchev–Trinajstić information content (AvgIpc) is 2.32. The molecule has 0 saturated carbocycles. The third-order valence-electron chi connectivity index (χ3n) is 3.61. The van der Waals surface area contributed by atoms with E-state index in [1.54, 1.807) is 7.11 Å². The summed E-state index contributed by atoms with van der Waals surface area (Å²) in [6, 6.07) is 8.60. The van der Waals surface area contributed by atoms with Gasteiger partial charge in [0.15, 0.2) is 0 Å². The van der Waals surface area contributed by atoms with Crippen molar-refractivity contribution in [3.63, 3.8) is 0 Å². The van der Waals surface area contributed by atoms with Crippen LogP contribution >= 0.6 is 0 Å². The Labute approximate surface area is 115 Å². The fraction of sp³-hybridized carbons (Fsp3) is 0.562. The average molecular weight is 259 g/mol. The molecule has 1 aliphatic heterocycles. The number of benzene rings is 1. The van der Waals surface area contributed by atoms with Gasteiger partial charge in [-0.15, -0.1) is 0 Å². The quantitative estimate of drug-likeness (QED) is 0.837. The highest BCUT2D eigenvalue weighted by molar-refractivity contribution is 5.42. The van der Waals surface area contributed by atoms with Crippen LogP contribution in [0.5, 0.6) is 5.75 Å². The normalized spacial score (nSPS) is 17.4.